The van der Waals surface area contributed by atoms with E-state index in [0.29, 0.717) is 6.54 Å². The predicted octanol–water partition coefficient (Wildman–Crippen LogP) is 1.56. The van der Waals surface area contributed by atoms with E-state index in [1.54, 1.807) is 6.92 Å². The summed E-state index contributed by atoms with van der Waals surface area (Å²) < 4.78 is 50.6. The number of alkyl halides is 2. The number of anilines is 2. The number of sulfonamides is 1. The molecule has 8 heteroatoms. The fraction of sp³-hybridized carbons (Fsp3) is 0.455. The largest absolute Gasteiger partial charge is 0.399 e. The molecule has 0 bridgehead atoms. The smallest absolute Gasteiger partial charge is 0.265 e. The molecule has 108 valence electrons. The van der Waals surface area contributed by atoms with E-state index in [1.165, 1.54) is 18.2 Å². The molecule has 1 rings (SSSR count). The van der Waals surface area contributed by atoms with E-state index in [4.69, 9.17) is 5.73 Å². The van der Waals surface area contributed by atoms with Gasteiger partial charge in [0.1, 0.15) is 0 Å². The first kappa shape index (κ1) is 15.6. The lowest BCUT2D eigenvalue weighted by Crippen LogP contribution is -2.29. The Balaban J connectivity index is 2.68. The standard InChI is InChI=1S/C11H17F2N3O2S/c1-2-16-19(17,18)6-5-15-10-4-3-8(14)7-9(10)11(12)13/h3-4,7,11,15-16H,2,5-6,14H2,1H3. The second-order valence-corrected chi connectivity index (χ2v) is 5.82. The van der Waals surface area contributed by atoms with Gasteiger partial charge in [0.15, 0.2) is 0 Å². The average molecular weight is 293 g/mol. The van der Waals surface area contributed by atoms with Gasteiger partial charge in [0.25, 0.3) is 6.43 Å². The summed E-state index contributed by atoms with van der Waals surface area (Å²) in [6, 6.07) is 4.06. The maximum Gasteiger partial charge on any atom is 0.265 e. The minimum atomic E-state index is -3.37. The third-order valence-corrected chi connectivity index (χ3v) is 3.83. The lowest BCUT2D eigenvalue weighted by molar-refractivity contribution is 0.152. The zero-order chi connectivity index (χ0) is 14.5. The van der Waals surface area contributed by atoms with Gasteiger partial charge in [-0.3, -0.25) is 0 Å². The SMILES string of the molecule is CCNS(=O)(=O)CCNc1ccc(N)cc1C(F)F. The van der Waals surface area contributed by atoms with E-state index in [2.05, 4.69) is 10.0 Å². The van der Waals surface area contributed by atoms with Crippen molar-refractivity contribution in [2.24, 2.45) is 0 Å². The first-order valence-electron chi connectivity index (χ1n) is 5.74. The van der Waals surface area contributed by atoms with Crippen LogP contribution in [0.15, 0.2) is 18.2 Å². The molecule has 5 nitrogen and oxygen atoms in total. The fourth-order valence-electron chi connectivity index (χ4n) is 1.53. The summed E-state index contributed by atoms with van der Waals surface area (Å²) in [5, 5.41) is 2.68. The van der Waals surface area contributed by atoms with Crippen molar-refractivity contribution in [1.29, 1.82) is 0 Å². The minimum Gasteiger partial charge on any atom is -0.399 e. The summed E-state index contributed by atoms with van der Waals surface area (Å²) >= 11 is 0. The second kappa shape index (κ2) is 6.67. The van der Waals surface area contributed by atoms with Crippen LogP contribution in [-0.4, -0.2) is 27.3 Å². The summed E-state index contributed by atoms with van der Waals surface area (Å²) in [6.07, 6.45) is -2.67. The molecule has 0 saturated heterocycles. The van der Waals surface area contributed by atoms with Crippen LogP contribution in [0.5, 0.6) is 0 Å². The highest BCUT2D eigenvalue weighted by molar-refractivity contribution is 7.89. The molecule has 0 aliphatic rings. The molecule has 1 aromatic carbocycles. The highest BCUT2D eigenvalue weighted by atomic mass is 32.2. The third kappa shape index (κ3) is 4.99. The number of hydrogen-bond donors (Lipinski definition) is 3. The van der Waals surface area contributed by atoms with E-state index >= 15 is 0 Å². The molecule has 0 amide bonds. The average Bonchev–Trinajstić information content (AvgIpc) is 2.30. The van der Waals surface area contributed by atoms with E-state index in [9.17, 15) is 17.2 Å². The highest BCUT2D eigenvalue weighted by Crippen LogP contribution is 2.28. The van der Waals surface area contributed by atoms with Gasteiger partial charge >= 0.3 is 0 Å². The summed E-state index contributed by atoms with van der Waals surface area (Å²) in [7, 11) is -3.37. The molecule has 0 radical (unpaired) electrons. The van der Waals surface area contributed by atoms with Crippen LogP contribution >= 0.6 is 0 Å². The van der Waals surface area contributed by atoms with Crippen LogP contribution in [0, 0.1) is 0 Å². The molecule has 0 fully saturated rings. The van der Waals surface area contributed by atoms with Gasteiger partial charge in [-0.05, 0) is 18.2 Å². The highest BCUT2D eigenvalue weighted by Gasteiger charge is 2.14. The van der Waals surface area contributed by atoms with E-state index in [1.807, 2.05) is 0 Å². The number of nitrogens with one attached hydrogen (secondary N) is 2. The monoisotopic (exact) mass is 293 g/mol. The number of nitrogen functional groups attached to an aromatic ring is 1. The number of halogens is 2. The Morgan fingerprint density at radius 1 is 1.37 bits per heavy atom. The third-order valence-electron chi connectivity index (χ3n) is 2.36. The Hall–Kier alpha value is -1.41. The van der Waals surface area contributed by atoms with E-state index < -0.39 is 16.4 Å². The van der Waals surface area contributed by atoms with Gasteiger partial charge in [-0.25, -0.2) is 21.9 Å². The molecule has 0 aromatic heterocycles. The molecule has 1 aromatic rings. The summed E-state index contributed by atoms with van der Waals surface area (Å²) in [5.74, 6) is -0.187. The topological polar surface area (TPSA) is 84.2 Å². The summed E-state index contributed by atoms with van der Waals surface area (Å²) in [6.45, 7) is 2.01. The van der Waals surface area contributed by atoms with E-state index in [0.717, 1.165) is 0 Å². The molecule has 0 aliphatic heterocycles. The van der Waals surface area contributed by atoms with Crippen molar-refractivity contribution in [3.8, 4) is 0 Å². The van der Waals surface area contributed by atoms with Crippen LogP contribution in [0.2, 0.25) is 0 Å². The van der Waals surface area contributed by atoms with Crippen molar-refractivity contribution in [3.63, 3.8) is 0 Å². The van der Waals surface area contributed by atoms with Crippen LogP contribution in [0.4, 0.5) is 20.2 Å². The fourth-order valence-corrected chi connectivity index (χ4v) is 2.49. The normalized spacial score (nSPS) is 11.8. The number of rotatable bonds is 7. The van der Waals surface area contributed by atoms with Crippen LogP contribution in [0.25, 0.3) is 0 Å². The van der Waals surface area contributed by atoms with Gasteiger partial charge in [-0.15, -0.1) is 0 Å². The quantitative estimate of drug-likeness (QED) is 0.666. The Kier molecular flexibility index (Phi) is 5.49. The molecule has 0 saturated carbocycles. The first-order chi connectivity index (χ1) is 8.85. The van der Waals surface area contributed by atoms with Gasteiger partial charge in [-0.2, -0.15) is 0 Å². The lowest BCUT2D eigenvalue weighted by atomic mass is 10.1. The maximum atomic E-state index is 12.8. The van der Waals surface area contributed by atoms with Crippen molar-refractivity contribution >= 4 is 21.4 Å². The van der Waals surface area contributed by atoms with Crippen LogP contribution in [0.1, 0.15) is 18.9 Å². The molecule has 0 unspecified atom stereocenters. The molecule has 0 heterocycles. The summed E-state index contributed by atoms with van der Waals surface area (Å²) in [4.78, 5) is 0. The van der Waals surface area contributed by atoms with Gasteiger partial charge in [0.05, 0.1) is 5.75 Å². The van der Waals surface area contributed by atoms with Gasteiger partial charge in [0.2, 0.25) is 10.0 Å². The molecule has 0 aliphatic carbocycles. The van der Waals surface area contributed by atoms with Crippen molar-refractivity contribution in [2.45, 2.75) is 13.3 Å². The van der Waals surface area contributed by atoms with Crippen molar-refractivity contribution in [1.82, 2.24) is 4.72 Å². The lowest BCUT2D eigenvalue weighted by Gasteiger charge is -2.12. The first-order valence-corrected chi connectivity index (χ1v) is 7.39. The minimum absolute atomic E-state index is 0.0406. The van der Waals surface area contributed by atoms with Crippen molar-refractivity contribution in [2.75, 3.05) is 29.9 Å². The van der Waals surface area contributed by atoms with Gasteiger partial charge in [-0.1, -0.05) is 6.92 Å². The molecule has 0 spiro atoms. The zero-order valence-corrected chi connectivity index (χ0v) is 11.3. The van der Waals surface area contributed by atoms with Crippen LogP contribution < -0.4 is 15.8 Å². The molecular weight excluding hydrogens is 276 g/mol. The second-order valence-electron chi connectivity index (χ2n) is 3.89. The Morgan fingerprint density at radius 2 is 2.05 bits per heavy atom. The predicted molar refractivity (Wildman–Crippen MR) is 71.8 cm³/mol. The van der Waals surface area contributed by atoms with Crippen LogP contribution in [0.3, 0.4) is 0 Å². The van der Waals surface area contributed by atoms with E-state index in [-0.39, 0.29) is 29.2 Å². The van der Waals surface area contributed by atoms with Crippen LogP contribution in [-0.2, 0) is 10.0 Å². The maximum absolute atomic E-state index is 12.8. The molecular formula is C11H17F2N3O2S. The molecule has 4 N–H and O–H groups in total. The Bertz CT molecular complexity index is 521. The van der Waals surface area contributed by atoms with Gasteiger partial charge in [0, 0.05) is 30.0 Å². The summed E-state index contributed by atoms with van der Waals surface area (Å²) in [5.41, 5.74) is 5.63. The number of benzene rings is 1. The molecule has 0 atom stereocenters. The Morgan fingerprint density at radius 3 is 2.63 bits per heavy atom. The Labute approximate surface area is 111 Å². The van der Waals surface area contributed by atoms with Gasteiger partial charge < -0.3 is 11.1 Å². The number of hydrogen-bond acceptors (Lipinski definition) is 4. The number of nitrogens with two attached hydrogens (primary N) is 1. The zero-order valence-electron chi connectivity index (χ0n) is 10.5. The van der Waals surface area contributed by atoms with Crippen molar-refractivity contribution in [3.05, 3.63) is 23.8 Å². The van der Waals surface area contributed by atoms with Crippen molar-refractivity contribution < 1.29 is 17.2 Å². The molecule has 19 heavy (non-hydrogen) atoms.